The zero-order valence-corrected chi connectivity index (χ0v) is 9.97. The number of carbonyl (C=O) groups is 2. The average molecular weight is 233 g/mol. The molecular formula is C13H15NO3. The number of ether oxygens (including phenoxy) is 1. The van der Waals surface area contributed by atoms with Crippen molar-refractivity contribution in [2.45, 2.75) is 32.7 Å². The Bertz CT molecular complexity index is 438. The predicted molar refractivity (Wildman–Crippen MR) is 63.9 cm³/mol. The van der Waals surface area contributed by atoms with Crippen molar-refractivity contribution in [3.05, 3.63) is 24.3 Å². The second-order valence-corrected chi connectivity index (χ2v) is 4.24. The van der Waals surface area contributed by atoms with Crippen LogP contribution in [0.1, 0.15) is 26.7 Å². The van der Waals surface area contributed by atoms with E-state index in [9.17, 15) is 9.59 Å². The van der Waals surface area contributed by atoms with E-state index in [4.69, 9.17) is 4.74 Å². The maximum atomic E-state index is 11.7. The molecule has 1 aliphatic heterocycles. The summed E-state index contributed by atoms with van der Waals surface area (Å²) in [5.74, 6) is 0.307. The average Bonchev–Trinajstić information content (AvgIpc) is 2.59. The maximum Gasteiger partial charge on any atom is 0.308 e. The number of hydrogen-bond donors (Lipinski definition) is 0. The second-order valence-electron chi connectivity index (χ2n) is 4.24. The van der Waals surface area contributed by atoms with E-state index < -0.39 is 0 Å². The number of rotatable bonds is 2. The highest BCUT2D eigenvalue weighted by Crippen LogP contribution is 2.27. The van der Waals surface area contributed by atoms with Crippen molar-refractivity contribution in [2.75, 3.05) is 4.90 Å². The van der Waals surface area contributed by atoms with Crippen molar-refractivity contribution in [3.8, 4) is 5.75 Å². The molecule has 0 spiro atoms. The number of amides is 1. The number of esters is 1. The zero-order chi connectivity index (χ0) is 12.4. The van der Waals surface area contributed by atoms with Crippen LogP contribution in [0.15, 0.2) is 24.3 Å². The third kappa shape index (κ3) is 2.46. The van der Waals surface area contributed by atoms with Crippen LogP contribution in [0.2, 0.25) is 0 Å². The molecule has 0 N–H and O–H groups in total. The smallest absolute Gasteiger partial charge is 0.308 e. The molecule has 0 saturated carbocycles. The lowest BCUT2D eigenvalue weighted by Crippen LogP contribution is -2.30. The summed E-state index contributed by atoms with van der Waals surface area (Å²) < 4.78 is 4.94. The number of carbonyl (C=O) groups excluding carboxylic acids is 2. The van der Waals surface area contributed by atoms with E-state index in [0.717, 1.165) is 12.1 Å². The molecule has 0 aliphatic carbocycles. The van der Waals surface area contributed by atoms with Gasteiger partial charge in [0.1, 0.15) is 5.75 Å². The fourth-order valence-electron chi connectivity index (χ4n) is 2.07. The van der Waals surface area contributed by atoms with E-state index in [-0.39, 0.29) is 17.9 Å². The van der Waals surface area contributed by atoms with Gasteiger partial charge in [0.25, 0.3) is 0 Å². The summed E-state index contributed by atoms with van der Waals surface area (Å²) in [5, 5.41) is 0. The van der Waals surface area contributed by atoms with Gasteiger partial charge in [-0.25, -0.2) is 0 Å². The second kappa shape index (κ2) is 4.57. The van der Waals surface area contributed by atoms with Gasteiger partial charge in [0.05, 0.1) is 0 Å². The predicted octanol–water partition coefficient (Wildman–Crippen LogP) is 2.13. The number of benzene rings is 1. The minimum atomic E-state index is -0.344. The molecule has 1 atom stereocenters. The third-order valence-electron chi connectivity index (χ3n) is 2.86. The number of hydrogen-bond acceptors (Lipinski definition) is 3. The Morgan fingerprint density at radius 3 is 2.47 bits per heavy atom. The fraction of sp³-hybridized carbons (Fsp3) is 0.385. The topological polar surface area (TPSA) is 46.6 Å². The van der Waals surface area contributed by atoms with Gasteiger partial charge < -0.3 is 9.64 Å². The lowest BCUT2D eigenvalue weighted by atomic mass is 10.2. The summed E-state index contributed by atoms with van der Waals surface area (Å²) in [6, 6.07) is 7.25. The highest BCUT2D eigenvalue weighted by Gasteiger charge is 2.28. The SMILES string of the molecule is CC(=O)Oc1ccc(N2C(=O)CCC2C)cc1. The van der Waals surface area contributed by atoms with Crippen LogP contribution >= 0.6 is 0 Å². The van der Waals surface area contributed by atoms with Crippen LogP contribution < -0.4 is 9.64 Å². The van der Waals surface area contributed by atoms with Crippen LogP contribution in [0.25, 0.3) is 0 Å². The van der Waals surface area contributed by atoms with E-state index in [1.54, 1.807) is 29.2 Å². The first-order valence-electron chi connectivity index (χ1n) is 5.68. The largest absolute Gasteiger partial charge is 0.427 e. The molecule has 4 heteroatoms. The Kier molecular flexibility index (Phi) is 3.13. The number of anilines is 1. The first-order chi connectivity index (χ1) is 8.08. The summed E-state index contributed by atoms with van der Waals surface area (Å²) in [6.07, 6.45) is 1.50. The Labute approximate surface area is 100 Å². The van der Waals surface area contributed by atoms with Gasteiger partial charge in [-0.3, -0.25) is 9.59 Å². The van der Waals surface area contributed by atoms with Crippen LogP contribution in [0.3, 0.4) is 0 Å². The molecule has 1 saturated heterocycles. The van der Waals surface area contributed by atoms with Gasteiger partial charge in [0.2, 0.25) is 5.91 Å². The van der Waals surface area contributed by atoms with Crippen LogP contribution in [-0.4, -0.2) is 17.9 Å². The standard InChI is InChI=1S/C13H15NO3/c1-9-3-8-13(16)14(9)11-4-6-12(7-5-11)17-10(2)15/h4-7,9H,3,8H2,1-2H3. The van der Waals surface area contributed by atoms with Crippen LogP contribution in [0.4, 0.5) is 5.69 Å². The summed E-state index contributed by atoms with van der Waals surface area (Å²) in [7, 11) is 0. The van der Waals surface area contributed by atoms with E-state index in [1.807, 2.05) is 6.92 Å². The third-order valence-corrected chi connectivity index (χ3v) is 2.86. The molecule has 4 nitrogen and oxygen atoms in total. The minimum Gasteiger partial charge on any atom is -0.427 e. The van der Waals surface area contributed by atoms with Crippen molar-refractivity contribution in [1.82, 2.24) is 0 Å². The van der Waals surface area contributed by atoms with Crippen molar-refractivity contribution >= 4 is 17.6 Å². The van der Waals surface area contributed by atoms with E-state index >= 15 is 0 Å². The summed E-state index contributed by atoms with van der Waals surface area (Å²) >= 11 is 0. The first kappa shape index (κ1) is 11.6. The Morgan fingerprint density at radius 2 is 2.00 bits per heavy atom. The van der Waals surface area contributed by atoms with Gasteiger partial charge >= 0.3 is 5.97 Å². The van der Waals surface area contributed by atoms with Gasteiger partial charge in [-0.05, 0) is 37.6 Å². The van der Waals surface area contributed by atoms with Gasteiger partial charge in [-0.2, -0.15) is 0 Å². The molecule has 90 valence electrons. The normalized spacial score (nSPS) is 19.5. The molecule has 1 amide bonds. The van der Waals surface area contributed by atoms with E-state index in [2.05, 4.69) is 0 Å². The zero-order valence-electron chi connectivity index (χ0n) is 9.97. The lowest BCUT2D eigenvalue weighted by molar-refractivity contribution is -0.131. The molecule has 0 bridgehead atoms. The Balaban J connectivity index is 2.17. The van der Waals surface area contributed by atoms with Crippen molar-refractivity contribution in [1.29, 1.82) is 0 Å². The van der Waals surface area contributed by atoms with Crippen LogP contribution in [0, 0.1) is 0 Å². The van der Waals surface area contributed by atoms with Crippen molar-refractivity contribution < 1.29 is 14.3 Å². The van der Waals surface area contributed by atoms with Gasteiger partial charge in [0, 0.05) is 25.1 Å². The molecule has 17 heavy (non-hydrogen) atoms. The molecular weight excluding hydrogens is 218 g/mol. The molecule has 0 radical (unpaired) electrons. The minimum absolute atomic E-state index is 0.151. The summed E-state index contributed by atoms with van der Waals surface area (Å²) in [4.78, 5) is 24.2. The first-order valence-corrected chi connectivity index (χ1v) is 5.68. The highest BCUT2D eigenvalue weighted by atomic mass is 16.5. The van der Waals surface area contributed by atoms with Crippen LogP contribution in [0.5, 0.6) is 5.75 Å². The molecule has 2 rings (SSSR count). The summed E-state index contributed by atoms with van der Waals surface area (Å²) in [6.45, 7) is 3.39. The molecule has 0 aromatic heterocycles. The number of nitrogens with zero attached hydrogens (tertiary/aromatic N) is 1. The molecule has 1 fully saturated rings. The van der Waals surface area contributed by atoms with Gasteiger partial charge in [-0.1, -0.05) is 0 Å². The molecule has 1 heterocycles. The highest BCUT2D eigenvalue weighted by molar-refractivity contribution is 5.96. The lowest BCUT2D eigenvalue weighted by Gasteiger charge is -2.21. The van der Waals surface area contributed by atoms with Crippen molar-refractivity contribution in [2.24, 2.45) is 0 Å². The Morgan fingerprint density at radius 1 is 1.35 bits per heavy atom. The molecule has 1 aromatic rings. The van der Waals surface area contributed by atoms with Gasteiger partial charge in [0.15, 0.2) is 0 Å². The quantitative estimate of drug-likeness (QED) is 0.580. The summed E-state index contributed by atoms with van der Waals surface area (Å²) in [5.41, 5.74) is 0.857. The van der Waals surface area contributed by atoms with E-state index in [1.165, 1.54) is 6.92 Å². The Hall–Kier alpha value is -1.84. The van der Waals surface area contributed by atoms with Gasteiger partial charge in [-0.15, -0.1) is 0 Å². The maximum absolute atomic E-state index is 11.7. The molecule has 1 aromatic carbocycles. The van der Waals surface area contributed by atoms with Crippen molar-refractivity contribution in [3.63, 3.8) is 0 Å². The monoisotopic (exact) mass is 233 g/mol. The molecule has 1 aliphatic rings. The molecule has 1 unspecified atom stereocenters. The van der Waals surface area contributed by atoms with E-state index in [0.29, 0.717) is 12.2 Å². The fourth-order valence-corrected chi connectivity index (χ4v) is 2.07. The van der Waals surface area contributed by atoms with Crippen LogP contribution in [-0.2, 0) is 9.59 Å².